The summed E-state index contributed by atoms with van der Waals surface area (Å²) in [4.78, 5) is 16.8. The van der Waals surface area contributed by atoms with Crippen LogP contribution in [0.3, 0.4) is 0 Å². The van der Waals surface area contributed by atoms with Gasteiger partial charge in [0.1, 0.15) is 12.1 Å². The van der Waals surface area contributed by atoms with Gasteiger partial charge in [-0.3, -0.25) is 0 Å². The fourth-order valence-electron chi connectivity index (χ4n) is 3.20. The van der Waals surface area contributed by atoms with Crippen molar-refractivity contribution in [2.75, 3.05) is 20.1 Å². The molecule has 0 bridgehead atoms. The van der Waals surface area contributed by atoms with E-state index in [2.05, 4.69) is 4.98 Å². The molecule has 0 aliphatic carbocycles. The number of aromatic nitrogens is 1. The molecule has 1 saturated heterocycles. The zero-order chi connectivity index (χ0) is 19.2. The van der Waals surface area contributed by atoms with E-state index < -0.39 is 5.97 Å². The molecule has 2 heterocycles. The summed E-state index contributed by atoms with van der Waals surface area (Å²) in [7, 11) is 1.58. The highest BCUT2D eigenvalue weighted by Gasteiger charge is 2.31. The second kappa shape index (κ2) is 6.80. The summed E-state index contributed by atoms with van der Waals surface area (Å²) >= 11 is 12.1. The molecule has 0 N–H and O–H groups in total. The molecule has 1 fully saturated rings. The Kier molecular flexibility index (Phi) is 4.60. The normalized spacial score (nSPS) is 22.3. The van der Waals surface area contributed by atoms with Crippen molar-refractivity contribution >= 4 is 40.3 Å². The number of carbonyl (C=O) groups excluding carboxylic acids is 1. The standard InChI is InChI=1S/C19H16Cl2N2O4/c1-23(25)5-4-15(10-23)26-19(24)11-2-3-16-17(8-11)27-18(22-16)12-6-13(20)9-14(21)7-12/h2-3,6-9,15H,4-5,10H2,1H3. The monoisotopic (exact) mass is 406 g/mol. The van der Waals surface area contributed by atoms with Gasteiger partial charge in [0.2, 0.25) is 5.89 Å². The number of hydrogen-bond acceptors (Lipinski definition) is 5. The summed E-state index contributed by atoms with van der Waals surface area (Å²) < 4.78 is 10.8. The van der Waals surface area contributed by atoms with Gasteiger partial charge in [-0.1, -0.05) is 23.2 Å². The van der Waals surface area contributed by atoms with Crippen LogP contribution in [0, 0.1) is 5.21 Å². The molecule has 8 heteroatoms. The number of likely N-dealkylation sites (N-methyl/N-ethyl adjacent to an activating group) is 1. The van der Waals surface area contributed by atoms with E-state index >= 15 is 0 Å². The zero-order valence-corrected chi connectivity index (χ0v) is 16.0. The lowest BCUT2D eigenvalue weighted by atomic mass is 10.2. The van der Waals surface area contributed by atoms with Gasteiger partial charge in [0.05, 0.1) is 19.2 Å². The second-order valence-electron chi connectivity index (χ2n) is 6.88. The number of nitrogens with zero attached hydrogens (tertiary/aromatic N) is 2. The molecule has 0 saturated carbocycles. The van der Waals surface area contributed by atoms with Crippen molar-refractivity contribution in [3.05, 3.63) is 57.2 Å². The van der Waals surface area contributed by atoms with E-state index in [1.807, 2.05) is 0 Å². The van der Waals surface area contributed by atoms with Crippen LogP contribution >= 0.6 is 23.2 Å². The Morgan fingerprint density at radius 3 is 2.67 bits per heavy atom. The van der Waals surface area contributed by atoms with Crippen LogP contribution in [0.25, 0.3) is 22.6 Å². The number of oxazole rings is 1. The Labute approximate surface area is 165 Å². The summed E-state index contributed by atoms with van der Waals surface area (Å²) in [5.41, 5.74) is 2.04. The number of hydrogen-bond donors (Lipinski definition) is 0. The third kappa shape index (κ3) is 3.94. The van der Waals surface area contributed by atoms with Gasteiger partial charge in [-0.25, -0.2) is 9.78 Å². The molecule has 2 unspecified atom stereocenters. The number of halogens is 2. The van der Waals surface area contributed by atoms with Crippen LogP contribution in [0.2, 0.25) is 10.0 Å². The van der Waals surface area contributed by atoms with Gasteiger partial charge in [-0.2, -0.15) is 0 Å². The maximum Gasteiger partial charge on any atom is 0.338 e. The quantitative estimate of drug-likeness (QED) is 0.358. The van der Waals surface area contributed by atoms with Crippen molar-refractivity contribution in [3.8, 4) is 11.5 Å². The summed E-state index contributed by atoms with van der Waals surface area (Å²) in [6, 6.07) is 9.92. The van der Waals surface area contributed by atoms with Gasteiger partial charge in [-0.05, 0) is 36.4 Å². The topological polar surface area (TPSA) is 75.4 Å². The van der Waals surface area contributed by atoms with E-state index in [1.54, 1.807) is 43.4 Å². The van der Waals surface area contributed by atoms with Crippen molar-refractivity contribution in [1.82, 2.24) is 4.98 Å². The molecule has 140 valence electrons. The van der Waals surface area contributed by atoms with Gasteiger partial charge < -0.3 is 19.0 Å². The first-order valence-corrected chi connectivity index (χ1v) is 9.18. The molecule has 0 amide bonds. The first kappa shape index (κ1) is 18.3. The molecular formula is C19H16Cl2N2O4. The molecule has 4 rings (SSSR count). The largest absolute Gasteiger partial charge is 0.633 e. The maximum absolute atomic E-state index is 12.4. The minimum Gasteiger partial charge on any atom is -0.633 e. The van der Waals surface area contributed by atoms with Crippen LogP contribution < -0.4 is 0 Å². The number of quaternary nitrogens is 1. The average Bonchev–Trinajstić information content (AvgIpc) is 3.16. The Morgan fingerprint density at radius 1 is 1.26 bits per heavy atom. The number of likely N-dealkylation sites (tertiary alicyclic amines) is 1. The Hall–Kier alpha value is -2.12. The van der Waals surface area contributed by atoms with Gasteiger partial charge in [0.15, 0.2) is 11.7 Å². The van der Waals surface area contributed by atoms with Crippen molar-refractivity contribution < 1.29 is 18.6 Å². The molecule has 6 nitrogen and oxygen atoms in total. The lowest BCUT2D eigenvalue weighted by Gasteiger charge is -2.33. The smallest absolute Gasteiger partial charge is 0.338 e. The average molecular weight is 407 g/mol. The number of fused-ring (bicyclic) bond motifs is 1. The first-order valence-electron chi connectivity index (χ1n) is 8.43. The molecule has 27 heavy (non-hydrogen) atoms. The van der Waals surface area contributed by atoms with Crippen LogP contribution in [0.15, 0.2) is 40.8 Å². The third-order valence-corrected chi connectivity index (χ3v) is 4.96. The number of esters is 1. The Morgan fingerprint density at radius 2 is 2.00 bits per heavy atom. The minimum absolute atomic E-state index is 0.274. The van der Waals surface area contributed by atoms with Gasteiger partial charge in [-0.15, -0.1) is 0 Å². The van der Waals surface area contributed by atoms with Crippen molar-refractivity contribution in [1.29, 1.82) is 0 Å². The highest BCUT2D eigenvalue weighted by atomic mass is 35.5. The van der Waals surface area contributed by atoms with E-state index in [4.69, 9.17) is 32.4 Å². The molecular weight excluding hydrogens is 391 g/mol. The van der Waals surface area contributed by atoms with Crippen molar-refractivity contribution in [2.45, 2.75) is 12.5 Å². The van der Waals surface area contributed by atoms with Crippen molar-refractivity contribution in [3.63, 3.8) is 0 Å². The lowest BCUT2D eigenvalue weighted by molar-refractivity contribution is -0.849. The number of ether oxygens (including phenoxy) is 1. The molecule has 1 aliphatic heterocycles. The SMILES string of the molecule is C[N+]1([O-])CCC(OC(=O)c2ccc3nc(-c4cc(Cl)cc(Cl)c4)oc3c2)C1. The molecule has 1 aliphatic rings. The van der Waals surface area contributed by atoms with Gasteiger partial charge in [0.25, 0.3) is 0 Å². The van der Waals surface area contributed by atoms with Crippen molar-refractivity contribution in [2.24, 2.45) is 0 Å². The Bertz CT molecular complexity index is 1010. The molecule has 1 aromatic heterocycles. The summed E-state index contributed by atoms with van der Waals surface area (Å²) in [6.07, 6.45) is 0.199. The van der Waals surface area contributed by atoms with E-state index in [1.165, 1.54) is 0 Å². The molecule has 0 spiro atoms. The molecule has 3 aromatic rings. The van der Waals surface area contributed by atoms with E-state index in [0.29, 0.717) is 51.1 Å². The van der Waals surface area contributed by atoms with Crippen LogP contribution in [-0.2, 0) is 4.74 Å². The summed E-state index contributed by atoms with van der Waals surface area (Å²) in [5.74, 6) is -0.123. The predicted molar refractivity (Wildman–Crippen MR) is 103 cm³/mol. The van der Waals surface area contributed by atoms with Gasteiger partial charge in [0, 0.05) is 22.0 Å². The number of rotatable bonds is 3. The summed E-state index contributed by atoms with van der Waals surface area (Å²) in [6.45, 7) is 0.723. The number of hydroxylamine groups is 3. The van der Waals surface area contributed by atoms with Crippen LogP contribution in [0.1, 0.15) is 16.8 Å². The molecule has 0 radical (unpaired) electrons. The highest BCUT2D eigenvalue weighted by Crippen LogP contribution is 2.30. The van der Waals surface area contributed by atoms with Crippen LogP contribution in [0.4, 0.5) is 0 Å². The van der Waals surface area contributed by atoms with Crippen LogP contribution in [0.5, 0.6) is 0 Å². The summed E-state index contributed by atoms with van der Waals surface area (Å²) in [5, 5.41) is 12.8. The fraction of sp³-hybridized carbons (Fsp3) is 0.263. The zero-order valence-electron chi connectivity index (χ0n) is 14.4. The fourth-order valence-corrected chi connectivity index (χ4v) is 3.72. The first-order chi connectivity index (χ1) is 12.8. The Balaban J connectivity index is 1.58. The lowest BCUT2D eigenvalue weighted by Crippen LogP contribution is -2.36. The minimum atomic E-state index is -0.479. The number of carbonyl (C=O) groups is 1. The third-order valence-electron chi connectivity index (χ3n) is 4.52. The highest BCUT2D eigenvalue weighted by molar-refractivity contribution is 6.35. The molecule has 2 aromatic carbocycles. The van der Waals surface area contributed by atoms with Gasteiger partial charge >= 0.3 is 5.97 Å². The van der Waals surface area contributed by atoms with Crippen LogP contribution in [-0.4, -0.2) is 41.8 Å². The predicted octanol–water partition coefficient (Wildman–Crippen LogP) is 4.68. The second-order valence-corrected chi connectivity index (χ2v) is 7.75. The maximum atomic E-state index is 12.4. The van der Waals surface area contributed by atoms with E-state index in [-0.39, 0.29) is 17.3 Å². The molecule has 2 atom stereocenters. The van der Waals surface area contributed by atoms with E-state index in [9.17, 15) is 10.0 Å². The number of benzene rings is 2. The van der Waals surface area contributed by atoms with E-state index in [0.717, 1.165) is 0 Å².